The highest BCUT2D eigenvalue weighted by molar-refractivity contribution is 5.87. The van der Waals surface area contributed by atoms with E-state index in [4.69, 9.17) is 14.2 Å². The van der Waals surface area contributed by atoms with Crippen LogP contribution in [0.3, 0.4) is 0 Å². The van der Waals surface area contributed by atoms with Crippen molar-refractivity contribution in [2.45, 2.75) is 24.2 Å². The second-order valence-corrected chi connectivity index (χ2v) is 12.8. The molecule has 0 atom stereocenters. The van der Waals surface area contributed by atoms with Gasteiger partial charge in [0.25, 0.3) is 0 Å². The van der Waals surface area contributed by atoms with E-state index < -0.39 is 17.3 Å². The van der Waals surface area contributed by atoms with Gasteiger partial charge in [0.05, 0.1) is 13.2 Å². The Labute approximate surface area is 316 Å². The van der Waals surface area contributed by atoms with E-state index in [9.17, 15) is 4.79 Å². The average molecular weight is 712 g/mol. The SMILES string of the molecule is CC(=O)Nc1ccnc(OC(COC(c2ccccc2)(c2ccccc2)c2ccccc2)COC(c2ccccc2)(c2ccccc2)c2ccccc2)n1. The summed E-state index contributed by atoms with van der Waals surface area (Å²) in [6.45, 7) is 1.57. The van der Waals surface area contributed by atoms with Crippen molar-refractivity contribution in [1.29, 1.82) is 0 Å². The summed E-state index contributed by atoms with van der Waals surface area (Å²) >= 11 is 0. The molecule has 0 aliphatic heterocycles. The molecular weight excluding hydrogens is 671 g/mol. The van der Waals surface area contributed by atoms with Crippen molar-refractivity contribution in [3.05, 3.63) is 228 Å². The first-order valence-corrected chi connectivity index (χ1v) is 18.0. The number of carbonyl (C=O) groups excluding carboxylic acids is 1. The zero-order valence-electron chi connectivity index (χ0n) is 30.0. The molecule has 7 aromatic rings. The van der Waals surface area contributed by atoms with E-state index in [1.54, 1.807) is 12.3 Å². The van der Waals surface area contributed by atoms with Crippen LogP contribution < -0.4 is 10.1 Å². The van der Waals surface area contributed by atoms with Gasteiger partial charge in [-0.2, -0.15) is 4.98 Å². The highest BCUT2D eigenvalue weighted by Crippen LogP contribution is 2.42. The summed E-state index contributed by atoms with van der Waals surface area (Å²) in [4.78, 5) is 20.9. The fourth-order valence-corrected chi connectivity index (χ4v) is 6.89. The third-order valence-electron chi connectivity index (χ3n) is 9.26. The second kappa shape index (κ2) is 16.9. The molecular formula is C47H41N3O4. The first kappa shape index (κ1) is 36.0. The molecule has 0 spiro atoms. The molecule has 7 nitrogen and oxygen atoms in total. The van der Waals surface area contributed by atoms with Gasteiger partial charge in [0.1, 0.15) is 23.1 Å². The van der Waals surface area contributed by atoms with E-state index in [2.05, 4.69) is 88.1 Å². The summed E-state index contributed by atoms with van der Waals surface area (Å²) < 4.78 is 21.2. The number of nitrogens with one attached hydrogen (secondary N) is 1. The van der Waals surface area contributed by atoms with Crippen LogP contribution >= 0.6 is 0 Å². The minimum atomic E-state index is -1.01. The van der Waals surface area contributed by atoms with E-state index in [1.807, 2.05) is 109 Å². The van der Waals surface area contributed by atoms with Gasteiger partial charge in [0.15, 0.2) is 0 Å². The molecule has 0 radical (unpaired) electrons. The molecule has 268 valence electrons. The molecule has 0 unspecified atom stereocenters. The van der Waals surface area contributed by atoms with Gasteiger partial charge in [-0.3, -0.25) is 4.79 Å². The molecule has 1 heterocycles. The number of rotatable bonds is 15. The maximum absolute atomic E-state index is 11.9. The maximum Gasteiger partial charge on any atom is 0.318 e. The molecule has 7 rings (SSSR count). The van der Waals surface area contributed by atoms with Crippen molar-refractivity contribution >= 4 is 11.7 Å². The summed E-state index contributed by atoms with van der Waals surface area (Å²) in [5.74, 6) is 0.0760. The van der Waals surface area contributed by atoms with Gasteiger partial charge < -0.3 is 19.5 Å². The molecule has 6 aromatic carbocycles. The van der Waals surface area contributed by atoms with Crippen LogP contribution in [0.5, 0.6) is 6.01 Å². The molecule has 0 saturated carbocycles. The zero-order valence-corrected chi connectivity index (χ0v) is 30.0. The number of benzene rings is 6. The lowest BCUT2D eigenvalue weighted by Gasteiger charge is -2.39. The van der Waals surface area contributed by atoms with E-state index in [-0.39, 0.29) is 25.1 Å². The summed E-state index contributed by atoms with van der Waals surface area (Å²) in [6, 6.07) is 62.9. The molecule has 0 aliphatic carbocycles. The lowest BCUT2D eigenvalue weighted by atomic mass is 9.80. The monoisotopic (exact) mass is 711 g/mol. The van der Waals surface area contributed by atoms with E-state index in [0.717, 1.165) is 33.4 Å². The highest BCUT2D eigenvalue weighted by Gasteiger charge is 2.41. The van der Waals surface area contributed by atoms with Crippen LogP contribution in [-0.4, -0.2) is 35.2 Å². The average Bonchev–Trinajstić information content (AvgIpc) is 3.23. The topological polar surface area (TPSA) is 82.6 Å². The molecule has 0 fully saturated rings. The third-order valence-corrected chi connectivity index (χ3v) is 9.26. The Morgan fingerprint density at radius 1 is 0.519 bits per heavy atom. The maximum atomic E-state index is 11.9. The second-order valence-electron chi connectivity index (χ2n) is 12.8. The lowest BCUT2D eigenvalue weighted by Crippen LogP contribution is -2.41. The van der Waals surface area contributed by atoms with Crippen LogP contribution in [0.2, 0.25) is 0 Å². The summed E-state index contributed by atoms with van der Waals surface area (Å²) in [5, 5.41) is 2.73. The minimum Gasteiger partial charge on any atom is -0.455 e. The van der Waals surface area contributed by atoms with Gasteiger partial charge in [0.2, 0.25) is 5.91 Å². The molecule has 0 aliphatic rings. The normalized spacial score (nSPS) is 11.6. The van der Waals surface area contributed by atoms with Crippen molar-refractivity contribution in [2.75, 3.05) is 18.5 Å². The number of aromatic nitrogens is 2. The Kier molecular flexibility index (Phi) is 11.3. The number of carbonyl (C=O) groups is 1. The third kappa shape index (κ3) is 7.83. The Morgan fingerprint density at radius 3 is 1.13 bits per heavy atom. The molecule has 0 bridgehead atoms. The summed E-state index contributed by atoms with van der Waals surface area (Å²) in [5.41, 5.74) is 3.71. The Bertz CT molecular complexity index is 1880. The molecule has 54 heavy (non-hydrogen) atoms. The van der Waals surface area contributed by atoms with Crippen LogP contribution in [0.15, 0.2) is 194 Å². The smallest absolute Gasteiger partial charge is 0.318 e. The number of anilines is 1. The molecule has 1 N–H and O–H groups in total. The molecule has 1 amide bonds. The van der Waals surface area contributed by atoms with E-state index >= 15 is 0 Å². The van der Waals surface area contributed by atoms with Crippen LogP contribution in [0.4, 0.5) is 5.82 Å². The quantitative estimate of drug-likeness (QED) is 0.107. The van der Waals surface area contributed by atoms with E-state index in [0.29, 0.717) is 5.82 Å². The molecule has 1 aromatic heterocycles. The number of hydrogen-bond acceptors (Lipinski definition) is 6. The van der Waals surface area contributed by atoms with Gasteiger partial charge in [0, 0.05) is 13.1 Å². The number of amides is 1. The predicted molar refractivity (Wildman–Crippen MR) is 211 cm³/mol. The van der Waals surface area contributed by atoms with E-state index in [1.165, 1.54) is 6.92 Å². The van der Waals surface area contributed by atoms with Gasteiger partial charge in [-0.1, -0.05) is 182 Å². The Hall–Kier alpha value is -6.41. The largest absolute Gasteiger partial charge is 0.455 e. The molecule has 7 heteroatoms. The van der Waals surface area contributed by atoms with Crippen molar-refractivity contribution in [3.63, 3.8) is 0 Å². The lowest BCUT2D eigenvalue weighted by molar-refractivity contribution is -0.114. The number of nitrogens with zero attached hydrogens (tertiary/aromatic N) is 2. The van der Waals surface area contributed by atoms with Crippen molar-refractivity contribution in [1.82, 2.24) is 9.97 Å². The number of ether oxygens (including phenoxy) is 3. The van der Waals surface area contributed by atoms with Crippen LogP contribution in [0.25, 0.3) is 0 Å². The van der Waals surface area contributed by atoms with Crippen molar-refractivity contribution in [3.8, 4) is 6.01 Å². The fraction of sp³-hybridized carbons (Fsp3) is 0.128. The zero-order chi connectivity index (χ0) is 37.1. The van der Waals surface area contributed by atoms with Crippen molar-refractivity contribution in [2.24, 2.45) is 0 Å². The first-order valence-electron chi connectivity index (χ1n) is 18.0. The van der Waals surface area contributed by atoms with Gasteiger partial charge in [-0.05, 0) is 39.4 Å². The van der Waals surface area contributed by atoms with Gasteiger partial charge in [-0.15, -0.1) is 0 Å². The first-order chi connectivity index (χ1) is 26.6. The summed E-state index contributed by atoms with van der Waals surface area (Å²) in [6.07, 6.45) is 0.820. The van der Waals surface area contributed by atoms with Crippen LogP contribution in [0.1, 0.15) is 40.3 Å². The Balaban J connectivity index is 1.34. The van der Waals surface area contributed by atoms with Crippen LogP contribution in [-0.2, 0) is 25.5 Å². The standard InChI is InChI=1S/C47H41N3O4/c1-36(51)49-44-32-33-48-45(50-44)54-43(34-52-46(37-20-8-2-9-21-37,38-22-10-3-11-23-38)39-24-12-4-13-25-39)35-53-47(40-26-14-5-15-27-40,41-28-16-6-17-29-41)42-30-18-7-19-31-42/h2-33,43H,34-35H2,1H3,(H,48,49,50,51). The number of hydrogen-bond donors (Lipinski definition) is 1. The van der Waals surface area contributed by atoms with Crippen molar-refractivity contribution < 1.29 is 19.0 Å². The highest BCUT2D eigenvalue weighted by atomic mass is 16.6. The fourth-order valence-electron chi connectivity index (χ4n) is 6.89. The van der Waals surface area contributed by atoms with Crippen LogP contribution in [0, 0.1) is 0 Å². The Morgan fingerprint density at radius 2 is 0.833 bits per heavy atom. The minimum absolute atomic E-state index is 0.0703. The summed E-state index contributed by atoms with van der Waals surface area (Å²) in [7, 11) is 0. The van der Waals surface area contributed by atoms with Gasteiger partial charge in [-0.25, -0.2) is 4.98 Å². The predicted octanol–water partition coefficient (Wildman–Crippen LogP) is 9.20. The van der Waals surface area contributed by atoms with Gasteiger partial charge >= 0.3 is 6.01 Å². The molecule has 0 saturated heterocycles.